The summed E-state index contributed by atoms with van der Waals surface area (Å²) in [5, 5.41) is 0. The first-order valence-electron chi connectivity index (χ1n) is 5.72. The highest BCUT2D eigenvalue weighted by Crippen LogP contribution is 2.27. The van der Waals surface area contributed by atoms with Crippen LogP contribution in [0.2, 0.25) is 0 Å². The number of nitrogens with two attached hydrogens (primary N) is 1. The maximum absolute atomic E-state index is 13.8. The third-order valence-electron chi connectivity index (χ3n) is 2.81. The van der Waals surface area contributed by atoms with Gasteiger partial charge in [-0.15, -0.1) is 0 Å². The zero-order chi connectivity index (χ0) is 15.8. The molecule has 0 heterocycles. The number of halogens is 3. The Morgan fingerprint density at radius 2 is 1.62 bits per heavy atom. The normalized spacial score (nSPS) is 11.4. The Labute approximate surface area is 119 Å². The van der Waals surface area contributed by atoms with E-state index in [9.17, 15) is 21.6 Å². The van der Waals surface area contributed by atoms with Crippen LogP contribution < -0.4 is 10.0 Å². The van der Waals surface area contributed by atoms with Crippen LogP contribution in [-0.2, 0) is 10.0 Å². The summed E-state index contributed by atoms with van der Waals surface area (Å²) in [4.78, 5) is -1.14. The fourth-order valence-electron chi connectivity index (χ4n) is 1.77. The smallest absolute Gasteiger partial charge is 0.269 e. The van der Waals surface area contributed by atoms with E-state index in [4.69, 9.17) is 5.73 Å². The third-order valence-corrected chi connectivity index (χ3v) is 4.65. The average Bonchev–Trinajstić information content (AvgIpc) is 2.36. The van der Waals surface area contributed by atoms with E-state index in [-0.39, 0.29) is 11.4 Å². The molecule has 0 saturated carbocycles. The first kappa shape index (κ1) is 15.2. The monoisotopic (exact) mass is 316 g/mol. The molecule has 4 nitrogen and oxygen atoms in total. The molecule has 0 amide bonds. The van der Waals surface area contributed by atoms with E-state index < -0.39 is 32.4 Å². The highest BCUT2D eigenvalue weighted by atomic mass is 32.2. The van der Waals surface area contributed by atoms with E-state index in [1.165, 1.54) is 12.1 Å². The largest absolute Gasteiger partial charge is 0.399 e. The van der Waals surface area contributed by atoms with Crippen molar-refractivity contribution in [3.05, 3.63) is 53.8 Å². The number of benzene rings is 2. The van der Waals surface area contributed by atoms with Crippen LogP contribution >= 0.6 is 0 Å². The van der Waals surface area contributed by atoms with Gasteiger partial charge >= 0.3 is 0 Å². The molecule has 2 N–H and O–H groups in total. The van der Waals surface area contributed by atoms with Gasteiger partial charge in [0.2, 0.25) is 0 Å². The number of sulfonamides is 1. The van der Waals surface area contributed by atoms with Gasteiger partial charge < -0.3 is 5.73 Å². The van der Waals surface area contributed by atoms with Crippen LogP contribution in [0.25, 0.3) is 0 Å². The molecule has 0 saturated heterocycles. The number of anilines is 2. The highest BCUT2D eigenvalue weighted by Gasteiger charge is 2.29. The minimum Gasteiger partial charge on any atom is -0.399 e. The molecule has 0 unspecified atom stereocenters. The number of nitrogens with zero attached hydrogens (tertiary/aromatic N) is 1. The fraction of sp³-hybridized carbons (Fsp3) is 0.0769. The van der Waals surface area contributed by atoms with Gasteiger partial charge in [0.1, 0.15) is 17.5 Å². The second kappa shape index (κ2) is 5.28. The topological polar surface area (TPSA) is 63.4 Å². The second-order valence-corrected chi connectivity index (χ2v) is 6.17. The van der Waals surface area contributed by atoms with Gasteiger partial charge in [-0.25, -0.2) is 21.6 Å². The SMILES string of the molecule is CN(c1cccc(F)c1)S(=O)(=O)c1c(F)cc(N)cc1F. The van der Waals surface area contributed by atoms with E-state index in [2.05, 4.69) is 0 Å². The Balaban J connectivity index is 2.57. The molecule has 2 rings (SSSR count). The van der Waals surface area contributed by atoms with E-state index >= 15 is 0 Å². The molecule has 0 radical (unpaired) electrons. The van der Waals surface area contributed by atoms with Gasteiger partial charge in [-0.1, -0.05) is 6.07 Å². The molecule has 0 spiro atoms. The van der Waals surface area contributed by atoms with Crippen LogP contribution in [0.1, 0.15) is 0 Å². The minimum absolute atomic E-state index is 0.0642. The van der Waals surface area contributed by atoms with E-state index in [0.717, 1.165) is 19.2 Å². The predicted octanol–water partition coefficient (Wildman–Crippen LogP) is 2.51. The maximum atomic E-state index is 13.8. The van der Waals surface area contributed by atoms with Crippen molar-refractivity contribution < 1.29 is 21.6 Å². The molecule has 0 atom stereocenters. The lowest BCUT2D eigenvalue weighted by atomic mass is 10.3. The molecule has 8 heteroatoms. The summed E-state index contributed by atoms with van der Waals surface area (Å²) in [6, 6.07) is 6.05. The lowest BCUT2D eigenvalue weighted by molar-refractivity contribution is 0.519. The van der Waals surface area contributed by atoms with Gasteiger partial charge in [0.15, 0.2) is 4.90 Å². The van der Waals surface area contributed by atoms with E-state index in [1.54, 1.807) is 0 Å². The molecule has 0 aliphatic rings. The van der Waals surface area contributed by atoms with Gasteiger partial charge in [0.05, 0.1) is 5.69 Å². The molecular formula is C13H11F3N2O2S. The quantitative estimate of drug-likeness (QED) is 0.885. The third kappa shape index (κ3) is 2.80. The second-order valence-electron chi connectivity index (χ2n) is 4.27. The van der Waals surface area contributed by atoms with E-state index in [1.807, 2.05) is 0 Å². The molecule has 0 bridgehead atoms. The Bertz CT molecular complexity index is 771. The van der Waals surface area contributed by atoms with Crippen molar-refractivity contribution in [1.82, 2.24) is 0 Å². The van der Waals surface area contributed by atoms with Crippen molar-refractivity contribution in [2.45, 2.75) is 4.90 Å². The van der Waals surface area contributed by atoms with Crippen LogP contribution in [0.4, 0.5) is 24.5 Å². The molecular weight excluding hydrogens is 305 g/mol. The number of hydrogen-bond acceptors (Lipinski definition) is 3. The van der Waals surface area contributed by atoms with Crippen molar-refractivity contribution in [2.75, 3.05) is 17.1 Å². The van der Waals surface area contributed by atoms with E-state index in [0.29, 0.717) is 16.4 Å². The standard InChI is InChI=1S/C13H11F3N2O2S/c1-18(10-4-2-3-8(14)5-10)21(19,20)13-11(15)6-9(17)7-12(13)16/h2-7H,17H2,1H3. The Hall–Kier alpha value is -2.22. The van der Waals surface area contributed by atoms with Crippen molar-refractivity contribution in [3.63, 3.8) is 0 Å². The van der Waals surface area contributed by atoms with Gasteiger partial charge in [0, 0.05) is 12.7 Å². The summed E-state index contributed by atoms with van der Waals surface area (Å²) in [5.74, 6) is -3.29. The molecule has 112 valence electrons. The minimum atomic E-state index is -4.53. The van der Waals surface area contributed by atoms with Gasteiger partial charge in [-0.3, -0.25) is 4.31 Å². The Morgan fingerprint density at radius 1 is 1.05 bits per heavy atom. The molecule has 2 aromatic carbocycles. The summed E-state index contributed by atoms with van der Waals surface area (Å²) in [6.45, 7) is 0. The average molecular weight is 316 g/mol. The molecule has 0 fully saturated rings. The highest BCUT2D eigenvalue weighted by molar-refractivity contribution is 7.92. The summed E-state index contributed by atoms with van der Waals surface area (Å²) in [6.07, 6.45) is 0. The lowest BCUT2D eigenvalue weighted by Crippen LogP contribution is -2.28. The summed E-state index contributed by atoms with van der Waals surface area (Å²) >= 11 is 0. The lowest BCUT2D eigenvalue weighted by Gasteiger charge is -2.20. The zero-order valence-electron chi connectivity index (χ0n) is 10.8. The van der Waals surface area contributed by atoms with Gasteiger partial charge in [-0.2, -0.15) is 0 Å². The molecule has 0 aromatic heterocycles. The van der Waals surface area contributed by atoms with Crippen LogP contribution in [0, 0.1) is 17.5 Å². The van der Waals surface area contributed by atoms with Crippen molar-refractivity contribution in [1.29, 1.82) is 0 Å². The zero-order valence-corrected chi connectivity index (χ0v) is 11.7. The Morgan fingerprint density at radius 3 is 2.14 bits per heavy atom. The number of hydrogen-bond donors (Lipinski definition) is 1. The molecule has 2 aromatic rings. The number of nitrogen functional groups attached to an aromatic ring is 1. The molecule has 0 aliphatic carbocycles. The van der Waals surface area contributed by atoms with Crippen molar-refractivity contribution in [2.24, 2.45) is 0 Å². The van der Waals surface area contributed by atoms with Crippen molar-refractivity contribution in [3.8, 4) is 0 Å². The molecule has 0 aliphatic heterocycles. The first-order chi connectivity index (χ1) is 9.73. The maximum Gasteiger partial charge on any atom is 0.269 e. The Kier molecular flexibility index (Phi) is 3.82. The van der Waals surface area contributed by atoms with Crippen LogP contribution in [0.5, 0.6) is 0 Å². The van der Waals surface area contributed by atoms with Crippen molar-refractivity contribution >= 4 is 21.4 Å². The van der Waals surface area contributed by atoms with Gasteiger partial charge in [-0.05, 0) is 30.3 Å². The molecule has 21 heavy (non-hydrogen) atoms. The summed E-state index contributed by atoms with van der Waals surface area (Å²) in [7, 11) is -3.46. The van der Waals surface area contributed by atoms with Crippen LogP contribution in [0.15, 0.2) is 41.3 Å². The summed E-state index contributed by atoms with van der Waals surface area (Å²) in [5.41, 5.74) is 4.94. The van der Waals surface area contributed by atoms with Crippen LogP contribution in [0.3, 0.4) is 0 Å². The first-order valence-corrected chi connectivity index (χ1v) is 7.16. The fourth-order valence-corrected chi connectivity index (χ4v) is 3.05. The van der Waals surface area contributed by atoms with Gasteiger partial charge in [0.25, 0.3) is 10.0 Å². The number of rotatable bonds is 3. The summed E-state index contributed by atoms with van der Waals surface area (Å²) < 4.78 is 65.8. The predicted molar refractivity (Wildman–Crippen MR) is 72.8 cm³/mol. The van der Waals surface area contributed by atoms with Crippen LogP contribution in [-0.4, -0.2) is 15.5 Å².